The molecule has 1 N–H and O–H groups in total. The highest BCUT2D eigenvalue weighted by molar-refractivity contribution is 6.03. The Labute approximate surface area is 141 Å². The van der Waals surface area contributed by atoms with Crippen molar-refractivity contribution in [3.63, 3.8) is 0 Å². The Bertz CT molecular complexity index is 918. The summed E-state index contributed by atoms with van der Waals surface area (Å²) in [4.78, 5) is 12.2. The van der Waals surface area contributed by atoms with E-state index in [0.29, 0.717) is 5.69 Å². The number of para-hydroxylation sites is 1. The molecule has 128 valence electrons. The summed E-state index contributed by atoms with van der Waals surface area (Å²) < 4.78 is 40.3. The number of hydrogen-bond acceptors (Lipinski definition) is 3. The van der Waals surface area contributed by atoms with Crippen LogP contribution < -0.4 is 5.32 Å². The van der Waals surface area contributed by atoms with E-state index < -0.39 is 17.6 Å². The molecule has 1 aromatic heterocycles. The number of hydrogen-bond donors (Lipinski definition) is 1. The predicted octanol–water partition coefficient (Wildman–Crippen LogP) is 3.85. The number of aromatic nitrogens is 3. The average molecular weight is 346 g/mol. The number of alkyl halides is 3. The molecule has 0 spiro atoms. The molecule has 0 unspecified atom stereocenters. The van der Waals surface area contributed by atoms with Crippen molar-refractivity contribution < 1.29 is 18.0 Å². The molecule has 2 aromatic carbocycles. The minimum absolute atomic E-state index is 0.0847. The highest BCUT2D eigenvalue weighted by atomic mass is 19.4. The topological polar surface area (TPSA) is 59.8 Å². The van der Waals surface area contributed by atoms with Crippen LogP contribution in [-0.2, 0) is 6.18 Å². The lowest BCUT2D eigenvalue weighted by Crippen LogP contribution is -2.17. The van der Waals surface area contributed by atoms with Gasteiger partial charge in [-0.1, -0.05) is 29.5 Å². The lowest BCUT2D eigenvalue weighted by molar-refractivity contribution is -0.136. The highest BCUT2D eigenvalue weighted by Gasteiger charge is 2.33. The van der Waals surface area contributed by atoms with E-state index in [1.807, 2.05) is 25.1 Å². The van der Waals surface area contributed by atoms with Crippen molar-refractivity contribution in [3.8, 4) is 5.69 Å². The molecule has 0 atom stereocenters. The van der Waals surface area contributed by atoms with Gasteiger partial charge in [0.25, 0.3) is 5.91 Å². The maximum atomic E-state index is 13.0. The number of amides is 1. The van der Waals surface area contributed by atoms with E-state index in [1.54, 1.807) is 6.07 Å². The molecular weight excluding hydrogens is 333 g/mol. The Morgan fingerprint density at radius 1 is 1.12 bits per heavy atom. The van der Waals surface area contributed by atoms with Crippen molar-refractivity contribution in [2.45, 2.75) is 13.1 Å². The third-order valence-electron chi connectivity index (χ3n) is 3.47. The first-order chi connectivity index (χ1) is 11.8. The van der Waals surface area contributed by atoms with Crippen LogP contribution in [0.5, 0.6) is 0 Å². The largest absolute Gasteiger partial charge is 0.418 e. The zero-order valence-corrected chi connectivity index (χ0v) is 13.1. The van der Waals surface area contributed by atoms with Gasteiger partial charge in [-0.2, -0.15) is 13.2 Å². The summed E-state index contributed by atoms with van der Waals surface area (Å²) >= 11 is 0. The van der Waals surface area contributed by atoms with Crippen molar-refractivity contribution in [1.82, 2.24) is 15.0 Å². The molecule has 0 fully saturated rings. The summed E-state index contributed by atoms with van der Waals surface area (Å²) in [6.45, 7) is 1.90. The van der Waals surface area contributed by atoms with Crippen LogP contribution in [-0.4, -0.2) is 20.9 Å². The number of nitrogens with zero attached hydrogens (tertiary/aromatic N) is 3. The summed E-state index contributed by atoms with van der Waals surface area (Å²) in [5.41, 5.74) is 0.360. The third kappa shape index (κ3) is 3.68. The normalized spacial score (nSPS) is 11.4. The van der Waals surface area contributed by atoms with Crippen LogP contribution in [0.1, 0.15) is 21.6 Å². The second-order valence-corrected chi connectivity index (χ2v) is 5.38. The van der Waals surface area contributed by atoms with Gasteiger partial charge in [0.2, 0.25) is 0 Å². The van der Waals surface area contributed by atoms with Crippen LogP contribution in [0.4, 0.5) is 18.9 Å². The molecule has 0 saturated carbocycles. The summed E-state index contributed by atoms with van der Waals surface area (Å²) in [5, 5.41) is 9.81. The predicted molar refractivity (Wildman–Crippen MR) is 85.5 cm³/mol. The van der Waals surface area contributed by atoms with Crippen molar-refractivity contribution in [1.29, 1.82) is 0 Å². The lowest BCUT2D eigenvalue weighted by atomic mass is 10.1. The zero-order valence-electron chi connectivity index (χ0n) is 13.1. The smallest absolute Gasteiger partial charge is 0.320 e. The van der Waals surface area contributed by atoms with Gasteiger partial charge in [0.15, 0.2) is 5.69 Å². The van der Waals surface area contributed by atoms with Crippen LogP contribution >= 0.6 is 0 Å². The van der Waals surface area contributed by atoms with E-state index in [1.165, 1.54) is 29.1 Å². The van der Waals surface area contributed by atoms with Gasteiger partial charge in [0.1, 0.15) is 0 Å². The molecule has 3 rings (SSSR count). The van der Waals surface area contributed by atoms with Gasteiger partial charge in [-0.05, 0) is 36.8 Å². The van der Waals surface area contributed by atoms with Gasteiger partial charge in [0, 0.05) is 0 Å². The van der Waals surface area contributed by atoms with Gasteiger partial charge in [-0.3, -0.25) is 4.79 Å². The maximum Gasteiger partial charge on any atom is 0.418 e. The number of carbonyl (C=O) groups is 1. The van der Waals surface area contributed by atoms with Gasteiger partial charge in [-0.25, -0.2) is 4.68 Å². The molecule has 0 aliphatic rings. The molecule has 8 heteroatoms. The zero-order chi connectivity index (χ0) is 18.0. The lowest BCUT2D eigenvalue weighted by Gasteiger charge is -2.12. The average Bonchev–Trinajstić information content (AvgIpc) is 3.04. The number of aryl methyl sites for hydroxylation is 1. The number of anilines is 1. The highest BCUT2D eigenvalue weighted by Crippen LogP contribution is 2.34. The number of halogens is 3. The van der Waals surface area contributed by atoms with Gasteiger partial charge >= 0.3 is 6.18 Å². The molecule has 1 amide bonds. The van der Waals surface area contributed by atoms with Crippen LogP contribution in [0.25, 0.3) is 5.69 Å². The Morgan fingerprint density at radius 2 is 1.88 bits per heavy atom. The first-order valence-electron chi connectivity index (χ1n) is 7.31. The van der Waals surface area contributed by atoms with Gasteiger partial charge in [-0.15, -0.1) is 5.10 Å². The van der Waals surface area contributed by atoms with Crippen molar-refractivity contribution in [3.05, 3.63) is 71.5 Å². The van der Waals surface area contributed by atoms with Crippen LogP contribution in [0.15, 0.2) is 54.7 Å². The van der Waals surface area contributed by atoms with Crippen molar-refractivity contribution in [2.75, 3.05) is 5.32 Å². The Balaban J connectivity index is 1.84. The molecule has 0 bridgehead atoms. The standard InChI is InChI=1S/C17H13F3N4O/c1-11-5-4-6-12(9-11)24-10-15(22-23-24)16(25)21-14-8-3-2-7-13(14)17(18,19)20/h2-10H,1H3,(H,21,25). The molecule has 0 aliphatic carbocycles. The quantitative estimate of drug-likeness (QED) is 0.784. The van der Waals surface area contributed by atoms with Crippen LogP contribution in [0, 0.1) is 6.92 Å². The maximum absolute atomic E-state index is 13.0. The van der Waals surface area contributed by atoms with Crippen molar-refractivity contribution in [2.24, 2.45) is 0 Å². The second kappa shape index (κ2) is 6.39. The van der Waals surface area contributed by atoms with E-state index >= 15 is 0 Å². The first kappa shape index (κ1) is 16.7. The summed E-state index contributed by atoms with van der Waals surface area (Å²) in [6, 6.07) is 12.1. The summed E-state index contributed by atoms with van der Waals surface area (Å²) in [6.07, 6.45) is -3.21. The SMILES string of the molecule is Cc1cccc(-n2cc(C(=O)Nc3ccccc3C(F)(F)F)nn2)c1. The molecule has 3 aromatic rings. The van der Waals surface area contributed by atoms with E-state index in [2.05, 4.69) is 15.6 Å². The fourth-order valence-corrected chi connectivity index (χ4v) is 2.29. The van der Waals surface area contributed by atoms with Crippen LogP contribution in [0.2, 0.25) is 0 Å². The monoisotopic (exact) mass is 346 g/mol. The molecule has 0 saturated heterocycles. The number of rotatable bonds is 3. The van der Waals surface area contributed by atoms with Crippen LogP contribution in [0.3, 0.4) is 0 Å². The number of carbonyl (C=O) groups excluding carboxylic acids is 1. The minimum atomic E-state index is -4.57. The first-order valence-corrected chi connectivity index (χ1v) is 7.31. The fraction of sp³-hybridized carbons (Fsp3) is 0.118. The molecule has 1 heterocycles. The number of nitrogens with one attached hydrogen (secondary N) is 1. The minimum Gasteiger partial charge on any atom is -0.320 e. The molecule has 0 radical (unpaired) electrons. The Morgan fingerprint density at radius 3 is 2.60 bits per heavy atom. The third-order valence-corrected chi connectivity index (χ3v) is 3.47. The molecule has 0 aliphatic heterocycles. The number of benzene rings is 2. The fourth-order valence-electron chi connectivity index (χ4n) is 2.29. The van der Waals surface area contributed by atoms with E-state index in [4.69, 9.17) is 0 Å². The Hall–Kier alpha value is -3.16. The van der Waals surface area contributed by atoms with Gasteiger partial charge in [0.05, 0.1) is 23.1 Å². The van der Waals surface area contributed by atoms with Gasteiger partial charge < -0.3 is 5.32 Å². The summed E-state index contributed by atoms with van der Waals surface area (Å²) in [5.74, 6) is -0.768. The van der Waals surface area contributed by atoms with E-state index in [0.717, 1.165) is 11.6 Å². The molecule has 25 heavy (non-hydrogen) atoms. The second-order valence-electron chi connectivity index (χ2n) is 5.38. The van der Waals surface area contributed by atoms with E-state index in [9.17, 15) is 18.0 Å². The molecule has 5 nitrogen and oxygen atoms in total. The van der Waals surface area contributed by atoms with E-state index in [-0.39, 0.29) is 11.4 Å². The Kier molecular flexibility index (Phi) is 4.26. The van der Waals surface area contributed by atoms with Crippen molar-refractivity contribution >= 4 is 11.6 Å². The molecular formula is C17H13F3N4O. The summed E-state index contributed by atoms with van der Waals surface area (Å²) in [7, 11) is 0.